The van der Waals surface area contributed by atoms with Gasteiger partial charge in [-0.2, -0.15) is 0 Å². The first-order valence-electron chi connectivity index (χ1n) is 7.11. The molecule has 0 aliphatic carbocycles. The smallest absolute Gasteiger partial charge is 0.259 e. The molecule has 3 rings (SSSR count). The van der Waals surface area contributed by atoms with Crippen LogP contribution >= 0.6 is 0 Å². The second kappa shape index (κ2) is 6.44. The zero-order chi connectivity index (χ0) is 15.4. The maximum Gasteiger partial charge on any atom is 0.259 e. The van der Waals surface area contributed by atoms with Crippen molar-refractivity contribution in [2.24, 2.45) is 0 Å². The lowest BCUT2D eigenvalue weighted by Gasteiger charge is -2.29. The van der Waals surface area contributed by atoms with E-state index < -0.39 is 0 Å². The summed E-state index contributed by atoms with van der Waals surface area (Å²) in [5.41, 5.74) is 1.71. The first kappa shape index (κ1) is 14.3. The largest absolute Gasteiger partial charge is 0.507 e. The number of nitrogens with one attached hydrogen (secondary N) is 1. The van der Waals surface area contributed by atoms with Gasteiger partial charge in [0.2, 0.25) is 0 Å². The van der Waals surface area contributed by atoms with E-state index in [9.17, 15) is 9.90 Å². The average Bonchev–Trinajstić information content (AvgIpc) is 2.56. The Kier molecular flexibility index (Phi) is 4.20. The third-order valence-electron chi connectivity index (χ3n) is 3.52. The molecule has 2 N–H and O–H groups in total. The van der Waals surface area contributed by atoms with E-state index in [0.717, 1.165) is 18.8 Å². The Morgan fingerprint density at radius 1 is 1.27 bits per heavy atom. The van der Waals surface area contributed by atoms with Crippen LogP contribution in [0.5, 0.6) is 5.75 Å². The number of carbonyl (C=O) groups excluding carboxylic acids is 1. The van der Waals surface area contributed by atoms with E-state index >= 15 is 0 Å². The van der Waals surface area contributed by atoms with Crippen molar-refractivity contribution in [1.82, 2.24) is 4.98 Å². The van der Waals surface area contributed by atoms with Gasteiger partial charge in [-0.05, 0) is 24.3 Å². The molecule has 6 heteroatoms. The third kappa shape index (κ3) is 3.17. The van der Waals surface area contributed by atoms with E-state index in [-0.39, 0.29) is 17.2 Å². The van der Waals surface area contributed by atoms with E-state index in [4.69, 9.17) is 4.74 Å². The maximum atomic E-state index is 12.2. The molecule has 1 fully saturated rings. The average molecular weight is 299 g/mol. The molecule has 0 saturated carbocycles. The molecule has 114 valence electrons. The van der Waals surface area contributed by atoms with Gasteiger partial charge in [0.25, 0.3) is 5.91 Å². The van der Waals surface area contributed by atoms with Crippen molar-refractivity contribution in [2.75, 3.05) is 36.5 Å². The summed E-state index contributed by atoms with van der Waals surface area (Å²) in [5, 5.41) is 12.8. The first-order valence-corrected chi connectivity index (χ1v) is 7.11. The third-order valence-corrected chi connectivity index (χ3v) is 3.52. The van der Waals surface area contributed by atoms with Crippen LogP contribution in [0.2, 0.25) is 0 Å². The molecule has 0 radical (unpaired) electrons. The summed E-state index contributed by atoms with van der Waals surface area (Å²) in [5.74, 6) is -0.399. The number of aromatic nitrogens is 1. The molecule has 1 aliphatic rings. The van der Waals surface area contributed by atoms with Crippen molar-refractivity contribution in [2.45, 2.75) is 0 Å². The molecule has 0 atom stereocenters. The fraction of sp³-hybridized carbons (Fsp3) is 0.250. The number of aromatic hydroxyl groups is 1. The Bertz CT molecular complexity index is 655. The molecule has 2 aromatic rings. The van der Waals surface area contributed by atoms with E-state index in [1.807, 2.05) is 6.07 Å². The number of phenols is 1. The highest BCUT2D eigenvalue weighted by molar-refractivity contribution is 6.06. The summed E-state index contributed by atoms with van der Waals surface area (Å²) in [6, 6.07) is 8.56. The van der Waals surface area contributed by atoms with Gasteiger partial charge < -0.3 is 20.1 Å². The molecule has 0 unspecified atom stereocenters. The number of amides is 1. The van der Waals surface area contributed by atoms with Crippen molar-refractivity contribution in [3.05, 3.63) is 48.3 Å². The van der Waals surface area contributed by atoms with Gasteiger partial charge in [0.05, 0.1) is 30.7 Å². The Morgan fingerprint density at radius 2 is 2.09 bits per heavy atom. The Morgan fingerprint density at radius 3 is 2.77 bits per heavy atom. The highest BCUT2D eigenvalue weighted by atomic mass is 16.5. The lowest BCUT2D eigenvalue weighted by molar-refractivity contribution is 0.102. The summed E-state index contributed by atoms with van der Waals surface area (Å²) in [7, 11) is 0. The van der Waals surface area contributed by atoms with Crippen LogP contribution in [0.25, 0.3) is 0 Å². The lowest BCUT2D eigenvalue weighted by atomic mass is 10.1. The SMILES string of the molecule is O=C(Nc1cccnc1)c1ccc(N2CCOCC2)cc1O. The number of hydrogen-bond donors (Lipinski definition) is 2. The minimum Gasteiger partial charge on any atom is -0.507 e. The molecule has 1 saturated heterocycles. The number of ether oxygens (including phenoxy) is 1. The van der Waals surface area contributed by atoms with Gasteiger partial charge in [-0.15, -0.1) is 0 Å². The van der Waals surface area contributed by atoms with Crippen molar-refractivity contribution in [3.63, 3.8) is 0 Å². The second-order valence-corrected chi connectivity index (χ2v) is 5.00. The van der Waals surface area contributed by atoms with Crippen molar-refractivity contribution < 1.29 is 14.6 Å². The summed E-state index contributed by atoms with van der Waals surface area (Å²) >= 11 is 0. The van der Waals surface area contributed by atoms with Crippen LogP contribution in [-0.2, 0) is 4.74 Å². The van der Waals surface area contributed by atoms with Crippen LogP contribution < -0.4 is 10.2 Å². The molecule has 2 heterocycles. The Hall–Kier alpha value is -2.60. The summed E-state index contributed by atoms with van der Waals surface area (Å²) in [6.45, 7) is 2.90. The summed E-state index contributed by atoms with van der Waals surface area (Å²) in [4.78, 5) is 18.2. The van der Waals surface area contributed by atoms with Gasteiger partial charge >= 0.3 is 0 Å². The molecular weight excluding hydrogens is 282 g/mol. The minimum atomic E-state index is -0.362. The van der Waals surface area contributed by atoms with Crippen LogP contribution in [0, 0.1) is 0 Å². The van der Waals surface area contributed by atoms with Crippen LogP contribution in [0.1, 0.15) is 10.4 Å². The van der Waals surface area contributed by atoms with Crippen LogP contribution in [0.3, 0.4) is 0 Å². The topological polar surface area (TPSA) is 74.7 Å². The summed E-state index contributed by atoms with van der Waals surface area (Å²) < 4.78 is 5.31. The minimum absolute atomic E-state index is 0.0367. The fourth-order valence-corrected chi connectivity index (χ4v) is 2.37. The predicted octanol–water partition coefficient (Wildman–Crippen LogP) is 1.88. The predicted molar refractivity (Wildman–Crippen MR) is 83.3 cm³/mol. The van der Waals surface area contributed by atoms with E-state index in [1.54, 1.807) is 36.7 Å². The Labute approximate surface area is 128 Å². The van der Waals surface area contributed by atoms with Crippen molar-refractivity contribution in [1.29, 1.82) is 0 Å². The molecule has 0 spiro atoms. The number of morpholine rings is 1. The number of carbonyl (C=O) groups is 1. The van der Waals surface area contributed by atoms with E-state index in [1.165, 1.54) is 0 Å². The van der Waals surface area contributed by atoms with Crippen LogP contribution in [0.4, 0.5) is 11.4 Å². The summed E-state index contributed by atoms with van der Waals surface area (Å²) in [6.07, 6.45) is 3.18. The molecular formula is C16H17N3O3. The number of nitrogens with zero attached hydrogens (tertiary/aromatic N) is 2. The van der Waals surface area contributed by atoms with E-state index in [0.29, 0.717) is 18.9 Å². The first-order chi connectivity index (χ1) is 10.7. The fourth-order valence-electron chi connectivity index (χ4n) is 2.37. The van der Waals surface area contributed by atoms with Gasteiger partial charge in [-0.3, -0.25) is 9.78 Å². The quantitative estimate of drug-likeness (QED) is 0.905. The normalized spacial score (nSPS) is 14.6. The van der Waals surface area contributed by atoms with Crippen molar-refractivity contribution >= 4 is 17.3 Å². The lowest BCUT2D eigenvalue weighted by Crippen LogP contribution is -2.36. The molecule has 22 heavy (non-hydrogen) atoms. The molecule has 1 aromatic carbocycles. The second-order valence-electron chi connectivity index (χ2n) is 5.00. The molecule has 6 nitrogen and oxygen atoms in total. The number of phenolic OH excluding ortho intramolecular Hbond substituents is 1. The van der Waals surface area contributed by atoms with Crippen molar-refractivity contribution in [3.8, 4) is 5.75 Å². The standard InChI is InChI=1S/C16H17N3O3/c20-15-10-13(19-6-8-22-9-7-19)3-4-14(15)16(21)18-12-2-1-5-17-11-12/h1-5,10-11,20H,6-9H2,(H,18,21). The number of anilines is 2. The zero-order valence-corrected chi connectivity index (χ0v) is 12.0. The maximum absolute atomic E-state index is 12.2. The molecule has 1 aromatic heterocycles. The molecule has 0 bridgehead atoms. The monoisotopic (exact) mass is 299 g/mol. The Balaban J connectivity index is 1.75. The molecule has 1 aliphatic heterocycles. The zero-order valence-electron chi connectivity index (χ0n) is 12.0. The number of rotatable bonds is 3. The highest BCUT2D eigenvalue weighted by Crippen LogP contribution is 2.26. The van der Waals surface area contributed by atoms with Gasteiger partial charge in [-0.25, -0.2) is 0 Å². The molecule has 1 amide bonds. The highest BCUT2D eigenvalue weighted by Gasteiger charge is 2.16. The van der Waals surface area contributed by atoms with Crippen LogP contribution in [-0.4, -0.2) is 42.3 Å². The van der Waals surface area contributed by atoms with E-state index in [2.05, 4.69) is 15.2 Å². The van der Waals surface area contributed by atoms with Gasteiger partial charge in [0.1, 0.15) is 5.75 Å². The van der Waals surface area contributed by atoms with Crippen LogP contribution in [0.15, 0.2) is 42.7 Å². The number of pyridine rings is 1. The number of hydrogen-bond acceptors (Lipinski definition) is 5. The number of benzene rings is 1. The van der Waals surface area contributed by atoms with Gasteiger partial charge in [0.15, 0.2) is 0 Å². The van der Waals surface area contributed by atoms with Gasteiger partial charge in [-0.1, -0.05) is 0 Å². The van der Waals surface area contributed by atoms with Gasteiger partial charge in [0, 0.05) is 31.0 Å².